The maximum absolute atomic E-state index is 13.5. The van der Waals surface area contributed by atoms with Crippen molar-refractivity contribution in [2.45, 2.75) is 24.2 Å². The first-order valence-electron chi connectivity index (χ1n) is 11.9. The van der Waals surface area contributed by atoms with Crippen LogP contribution in [0.25, 0.3) is 0 Å². The van der Waals surface area contributed by atoms with Crippen LogP contribution in [-0.4, -0.2) is 87.9 Å². The van der Waals surface area contributed by atoms with Gasteiger partial charge < -0.3 is 19.4 Å². The highest BCUT2D eigenvalue weighted by atomic mass is 32.2. The molecule has 2 aromatic rings. The van der Waals surface area contributed by atoms with Gasteiger partial charge in [0.15, 0.2) is 5.82 Å². The van der Waals surface area contributed by atoms with Crippen molar-refractivity contribution in [3.63, 3.8) is 0 Å². The van der Waals surface area contributed by atoms with E-state index in [4.69, 9.17) is 4.74 Å². The molecule has 0 saturated carbocycles. The van der Waals surface area contributed by atoms with E-state index >= 15 is 0 Å². The molecule has 2 fully saturated rings. The van der Waals surface area contributed by atoms with Crippen molar-refractivity contribution in [1.82, 2.24) is 14.5 Å². The second-order valence-electron chi connectivity index (χ2n) is 9.15. The SMILES string of the molecule is O=C1CCc2cc(S(=O)(=O)N3CCN(c4cc(N5CCOCC5)cnn4)CC3)cc3c2N1CC3. The zero-order valence-electron chi connectivity index (χ0n) is 19.0. The Hall–Kier alpha value is -2.76. The van der Waals surface area contributed by atoms with Gasteiger partial charge in [-0.15, -0.1) is 5.10 Å². The fourth-order valence-corrected chi connectivity index (χ4v) is 6.90. The molecule has 0 radical (unpaired) electrons. The van der Waals surface area contributed by atoms with Gasteiger partial charge in [0, 0.05) is 58.3 Å². The summed E-state index contributed by atoms with van der Waals surface area (Å²) >= 11 is 0. The van der Waals surface area contributed by atoms with Gasteiger partial charge in [-0.1, -0.05) is 0 Å². The minimum Gasteiger partial charge on any atom is -0.378 e. The molecular weight excluding hydrogens is 456 g/mol. The molecule has 4 aliphatic heterocycles. The number of nitrogens with zero attached hydrogens (tertiary/aromatic N) is 6. The molecule has 11 heteroatoms. The van der Waals surface area contributed by atoms with E-state index in [1.54, 1.807) is 22.6 Å². The summed E-state index contributed by atoms with van der Waals surface area (Å²) in [6.07, 6.45) is 3.53. The summed E-state index contributed by atoms with van der Waals surface area (Å²) < 4.78 is 34.0. The highest BCUT2D eigenvalue weighted by Gasteiger charge is 2.35. The second kappa shape index (κ2) is 8.47. The minimum absolute atomic E-state index is 0.138. The van der Waals surface area contributed by atoms with E-state index in [1.165, 1.54) is 0 Å². The lowest BCUT2D eigenvalue weighted by Gasteiger charge is -2.35. The number of morpholine rings is 1. The molecule has 5 heterocycles. The summed E-state index contributed by atoms with van der Waals surface area (Å²) in [6.45, 7) is 5.60. The van der Waals surface area contributed by atoms with E-state index in [0.29, 0.717) is 70.1 Å². The van der Waals surface area contributed by atoms with Crippen LogP contribution in [0.5, 0.6) is 0 Å². The van der Waals surface area contributed by atoms with Crippen LogP contribution in [0.3, 0.4) is 0 Å². The quantitative estimate of drug-likeness (QED) is 0.624. The summed E-state index contributed by atoms with van der Waals surface area (Å²) in [5.41, 5.74) is 3.90. The van der Waals surface area contributed by atoms with Gasteiger partial charge in [-0.05, 0) is 36.1 Å². The lowest BCUT2D eigenvalue weighted by Crippen LogP contribution is -2.49. The number of aryl methyl sites for hydroxylation is 1. The fourth-order valence-electron chi connectivity index (χ4n) is 5.38. The standard InChI is InChI=1S/C23H28N6O4S/c30-22-2-1-17-13-20(14-18-3-4-29(22)23(17)18)34(31,32)28-7-5-27(6-8-28)21-15-19(16-24-25-21)26-9-11-33-12-10-26/h13-16H,1-12H2. The highest BCUT2D eigenvalue weighted by molar-refractivity contribution is 7.89. The molecule has 0 atom stereocenters. The van der Waals surface area contributed by atoms with Crippen LogP contribution >= 0.6 is 0 Å². The topological polar surface area (TPSA) is 99.2 Å². The van der Waals surface area contributed by atoms with Crippen molar-refractivity contribution in [2.75, 3.05) is 73.7 Å². The highest BCUT2D eigenvalue weighted by Crippen LogP contribution is 2.39. The summed E-state index contributed by atoms with van der Waals surface area (Å²) in [6, 6.07) is 5.58. The Balaban J connectivity index is 1.18. The van der Waals surface area contributed by atoms with Crippen LogP contribution in [0.4, 0.5) is 17.2 Å². The molecular formula is C23H28N6O4S. The maximum atomic E-state index is 13.5. The van der Waals surface area contributed by atoms with Crippen LogP contribution in [0, 0.1) is 0 Å². The Morgan fingerprint density at radius 1 is 0.824 bits per heavy atom. The average Bonchev–Trinajstić information content (AvgIpc) is 3.32. The first kappa shape index (κ1) is 21.8. The Labute approximate surface area is 199 Å². The van der Waals surface area contributed by atoms with Crippen molar-refractivity contribution in [3.8, 4) is 0 Å². The average molecular weight is 485 g/mol. The Kier molecular flexibility index (Phi) is 5.42. The molecule has 180 valence electrons. The molecule has 0 spiro atoms. The molecule has 34 heavy (non-hydrogen) atoms. The Morgan fingerprint density at radius 2 is 1.56 bits per heavy atom. The van der Waals surface area contributed by atoms with Gasteiger partial charge >= 0.3 is 0 Å². The van der Waals surface area contributed by atoms with Crippen LogP contribution < -0.4 is 14.7 Å². The largest absolute Gasteiger partial charge is 0.378 e. The van der Waals surface area contributed by atoms with Gasteiger partial charge in [-0.3, -0.25) is 4.79 Å². The maximum Gasteiger partial charge on any atom is 0.243 e. The normalized spacial score (nSPS) is 21.2. The van der Waals surface area contributed by atoms with E-state index in [0.717, 1.165) is 41.4 Å². The van der Waals surface area contributed by atoms with Gasteiger partial charge in [-0.25, -0.2) is 8.42 Å². The summed E-state index contributed by atoms with van der Waals surface area (Å²) in [5, 5.41) is 8.49. The van der Waals surface area contributed by atoms with Crippen molar-refractivity contribution < 1.29 is 17.9 Å². The third-order valence-corrected chi connectivity index (χ3v) is 9.11. The summed E-state index contributed by atoms with van der Waals surface area (Å²) in [4.78, 5) is 18.7. The molecule has 6 rings (SSSR count). The number of rotatable bonds is 4. The minimum atomic E-state index is -3.61. The molecule has 2 saturated heterocycles. The number of piperazine rings is 1. The Bertz CT molecular complexity index is 1220. The number of benzene rings is 1. The number of sulfonamides is 1. The molecule has 1 amide bonds. The van der Waals surface area contributed by atoms with Crippen molar-refractivity contribution >= 4 is 33.1 Å². The second-order valence-corrected chi connectivity index (χ2v) is 11.1. The van der Waals surface area contributed by atoms with Crippen molar-refractivity contribution in [3.05, 3.63) is 35.5 Å². The van der Waals surface area contributed by atoms with E-state index in [1.807, 2.05) is 11.0 Å². The first-order valence-corrected chi connectivity index (χ1v) is 13.3. The smallest absolute Gasteiger partial charge is 0.243 e. The summed E-state index contributed by atoms with van der Waals surface area (Å²) in [5.74, 6) is 0.909. The third kappa shape index (κ3) is 3.71. The third-order valence-electron chi connectivity index (χ3n) is 7.23. The van der Waals surface area contributed by atoms with Crippen LogP contribution in [0.2, 0.25) is 0 Å². The number of carbonyl (C=O) groups is 1. The molecule has 4 aliphatic rings. The van der Waals surface area contributed by atoms with E-state index in [9.17, 15) is 13.2 Å². The van der Waals surface area contributed by atoms with E-state index in [2.05, 4.69) is 20.0 Å². The predicted octanol–water partition coefficient (Wildman–Crippen LogP) is 0.659. The molecule has 0 bridgehead atoms. The number of carbonyl (C=O) groups excluding carboxylic acids is 1. The fraction of sp³-hybridized carbons (Fsp3) is 0.522. The summed E-state index contributed by atoms with van der Waals surface area (Å²) in [7, 11) is -3.61. The number of anilines is 3. The lowest BCUT2D eigenvalue weighted by atomic mass is 10.00. The number of hydrogen-bond acceptors (Lipinski definition) is 8. The lowest BCUT2D eigenvalue weighted by molar-refractivity contribution is -0.118. The van der Waals surface area contributed by atoms with Crippen LogP contribution in [-0.2, 0) is 32.4 Å². The molecule has 0 aliphatic carbocycles. The molecule has 0 unspecified atom stereocenters. The first-order chi connectivity index (χ1) is 16.5. The van der Waals surface area contributed by atoms with Crippen LogP contribution in [0.1, 0.15) is 17.5 Å². The number of ether oxygens (including phenoxy) is 1. The number of hydrogen-bond donors (Lipinski definition) is 0. The van der Waals surface area contributed by atoms with Crippen molar-refractivity contribution in [2.24, 2.45) is 0 Å². The van der Waals surface area contributed by atoms with Gasteiger partial charge in [0.1, 0.15) is 0 Å². The monoisotopic (exact) mass is 484 g/mol. The molecule has 1 aromatic heterocycles. The molecule has 10 nitrogen and oxygen atoms in total. The van der Waals surface area contributed by atoms with Crippen molar-refractivity contribution in [1.29, 1.82) is 0 Å². The predicted molar refractivity (Wildman–Crippen MR) is 127 cm³/mol. The van der Waals surface area contributed by atoms with Gasteiger partial charge in [0.2, 0.25) is 15.9 Å². The van der Waals surface area contributed by atoms with E-state index < -0.39 is 10.0 Å². The van der Waals surface area contributed by atoms with Gasteiger partial charge in [0.05, 0.1) is 35.7 Å². The zero-order chi connectivity index (χ0) is 23.3. The van der Waals surface area contributed by atoms with E-state index in [-0.39, 0.29) is 5.91 Å². The number of amides is 1. The molecule has 1 aromatic carbocycles. The Morgan fingerprint density at radius 3 is 2.32 bits per heavy atom. The van der Waals surface area contributed by atoms with Gasteiger partial charge in [0.25, 0.3) is 0 Å². The zero-order valence-corrected chi connectivity index (χ0v) is 19.8. The van der Waals surface area contributed by atoms with Gasteiger partial charge in [-0.2, -0.15) is 9.40 Å². The van der Waals surface area contributed by atoms with Crippen LogP contribution in [0.15, 0.2) is 29.3 Å². The molecule has 0 N–H and O–H groups in total. The number of aromatic nitrogens is 2.